The summed E-state index contributed by atoms with van der Waals surface area (Å²) in [7, 11) is -3.19. The molecule has 1 heterocycles. The molecule has 0 radical (unpaired) electrons. The Bertz CT molecular complexity index is 769. The molecule has 0 spiro atoms. The van der Waals surface area contributed by atoms with E-state index in [1.54, 1.807) is 24.3 Å². The van der Waals surface area contributed by atoms with Gasteiger partial charge in [0.05, 0.1) is 10.6 Å². The zero-order chi connectivity index (χ0) is 19.5. The first-order valence-electron chi connectivity index (χ1n) is 10.2. The first-order chi connectivity index (χ1) is 13.1. The number of sulfone groups is 1. The molecule has 0 amide bonds. The summed E-state index contributed by atoms with van der Waals surface area (Å²) >= 11 is 0. The summed E-state index contributed by atoms with van der Waals surface area (Å²) in [6, 6.07) is 6.91. The van der Waals surface area contributed by atoms with Gasteiger partial charge < -0.3 is 0 Å². The van der Waals surface area contributed by atoms with E-state index in [9.17, 15) is 8.42 Å². The number of nitrogens with zero attached hydrogens (tertiary/aromatic N) is 2. The van der Waals surface area contributed by atoms with E-state index in [0.29, 0.717) is 17.1 Å². The third-order valence-corrected chi connectivity index (χ3v) is 6.58. The van der Waals surface area contributed by atoms with E-state index in [0.717, 1.165) is 24.0 Å². The number of hydrogen-bond donors (Lipinski definition) is 0. The summed E-state index contributed by atoms with van der Waals surface area (Å²) in [5.41, 5.74) is 2.00. The Morgan fingerprint density at radius 3 is 2.00 bits per heavy atom. The van der Waals surface area contributed by atoms with Crippen LogP contribution in [0.25, 0.3) is 11.4 Å². The molecule has 4 nitrogen and oxygen atoms in total. The molecular weight excluding hydrogens is 356 g/mol. The lowest BCUT2D eigenvalue weighted by molar-refractivity contribution is 0.592. The SMILES string of the molecule is CCCCCCCCc1cnc(-c2ccc(S(=O)(=O)CCCC)cc2)nc1. The largest absolute Gasteiger partial charge is 0.236 e. The molecule has 0 bridgehead atoms. The number of aryl methyl sites for hydroxylation is 1. The Labute approximate surface area is 164 Å². The standard InChI is InChI=1S/C22H32N2O2S/c1-3-5-7-8-9-10-11-19-17-23-22(24-18-19)20-12-14-21(15-13-20)27(25,26)16-6-4-2/h12-15,17-18H,3-11,16H2,1-2H3. The number of rotatable bonds is 12. The monoisotopic (exact) mass is 388 g/mol. The number of hydrogen-bond acceptors (Lipinski definition) is 4. The van der Waals surface area contributed by atoms with Crippen LogP contribution < -0.4 is 0 Å². The van der Waals surface area contributed by atoms with E-state index in [1.807, 2.05) is 19.3 Å². The van der Waals surface area contributed by atoms with Crippen molar-refractivity contribution in [1.29, 1.82) is 0 Å². The van der Waals surface area contributed by atoms with E-state index in [4.69, 9.17) is 0 Å². The lowest BCUT2D eigenvalue weighted by Gasteiger charge is -2.06. The average molecular weight is 389 g/mol. The quantitative estimate of drug-likeness (QED) is 0.443. The highest BCUT2D eigenvalue weighted by atomic mass is 32.2. The maximum absolute atomic E-state index is 12.2. The fourth-order valence-corrected chi connectivity index (χ4v) is 4.46. The first kappa shape index (κ1) is 21.5. The highest BCUT2D eigenvalue weighted by molar-refractivity contribution is 7.91. The van der Waals surface area contributed by atoms with Crippen LogP contribution in [0.1, 0.15) is 70.8 Å². The summed E-state index contributed by atoms with van der Waals surface area (Å²) in [5.74, 6) is 0.839. The Hall–Kier alpha value is -1.75. The minimum absolute atomic E-state index is 0.201. The zero-order valence-electron chi connectivity index (χ0n) is 16.7. The molecule has 1 aromatic carbocycles. The minimum atomic E-state index is -3.19. The van der Waals surface area contributed by atoms with Crippen molar-refractivity contribution >= 4 is 9.84 Å². The second-order valence-electron chi connectivity index (χ2n) is 7.13. The van der Waals surface area contributed by atoms with Crippen LogP contribution in [0.15, 0.2) is 41.6 Å². The van der Waals surface area contributed by atoms with E-state index in [1.165, 1.54) is 38.5 Å². The van der Waals surface area contributed by atoms with E-state index >= 15 is 0 Å². The Balaban J connectivity index is 1.91. The predicted molar refractivity (Wildman–Crippen MR) is 112 cm³/mol. The summed E-state index contributed by atoms with van der Waals surface area (Å²) in [4.78, 5) is 9.29. The molecule has 0 aliphatic carbocycles. The molecule has 0 aliphatic rings. The van der Waals surface area contributed by atoms with E-state index in [2.05, 4.69) is 16.9 Å². The van der Waals surface area contributed by atoms with Gasteiger partial charge in [-0.2, -0.15) is 0 Å². The average Bonchev–Trinajstić information content (AvgIpc) is 2.70. The van der Waals surface area contributed by atoms with Crippen LogP contribution in [0.2, 0.25) is 0 Å². The molecule has 0 unspecified atom stereocenters. The van der Waals surface area contributed by atoms with Crippen LogP contribution in [0.3, 0.4) is 0 Å². The number of aromatic nitrogens is 2. The van der Waals surface area contributed by atoms with Crippen molar-refractivity contribution < 1.29 is 8.42 Å². The molecule has 2 aromatic rings. The highest BCUT2D eigenvalue weighted by Crippen LogP contribution is 2.20. The fourth-order valence-electron chi connectivity index (χ4n) is 3.01. The lowest BCUT2D eigenvalue weighted by atomic mass is 10.1. The molecule has 1 aromatic heterocycles. The summed E-state index contributed by atoms with van der Waals surface area (Å²) in [6.07, 6.45) is 14.0. The molecule has 0 atom stereocenters. The van der Waals surface area contributed by atoms with Crippen LogP contribution in [-0.4, -0.2) is 24.1 Å². The van der Waals surface area contributed by atoms with Gasteiger partial charge in [-0.3, -0.25) is 0 Å². The molecule has 0 saturated heterocycles. The normalized spacial score (nSPS) is 11.6. The predicted octanol–water partition coefficient (Wildman–Crippen LogP) is 5.62. The van der Waals surface area contributed by atoms with Crippen LogP contribution in [-0.2, 0) is 16.3 Å². The molecule has 0 aliphatic heterocycles. The van der Waals surface area contributed by atoms with Gasteiger partial charge in [0.25, 0.3) is 0 Å². The Morgan fingerprint density at radius 2 is 1.37 bits per heavy atom. The van der Waals surface area contributed by atoms with E-state index in [-0.39, 0.29) is 5.75 Å². The third kappa shape index (κ3) is 7.06. The van der Waals surface area contributed by atoms with E-state index < -0.39 is 9.84 Å². The van der Waals surface area contributed by atoms with Gasteiger partial charge in [-0.1, -0.05) is 52.4 Å². The van der Waals surface area contributed by atoms with Gasteiger partial charge in [0.2, 0.25) is 0 Å². The second kappa shape index (κ2) is 11.2. The lowest BCUT2D eigenvalue weighted by Crippen LogP contribution is -2.06. The number of benzene rings is 1. The van der Waals surface area contributed by atoms with Crippen LogP contribution in [0, 0.1) is 0 Å². The van der Waals surface area contributed by atoms with Crippen molar-refractivity contribution in [1.82, 2.24) is 9.97 Å². The molecule has 0 fully saturated rings. The highest BCUT2D eigenvalue weighted by Gasteiger charge is 2.13. The van der Waals surface area contributed by atoms with Gasteiger partial charge in [0.15, 0.2) is 15.7 Å². The van der Waals surface area contributed by atoms with Gasteiger partial charge in [-0.25, -0.2) is 18.4 Å². The molecule has 0 N–H and O–H groups in total. The number of unbranched alkanes of at least 4 members (excludes halogenated alkanes) is 6. The Kier molecular flexibility index (Phi) is 8.92. The molecule has 2 rings (SSSR count). The van der Waals surface area contributed by atoms with Crippen molar-refractivity contribution in [2.24, 2.45) is 0 Å². The molecule has 148 valence electrons. The molecular formula is C22H32N2O2S. The molecule has 27 heavy (non-hydrogen) atoms. The van der Waals surface area contributed by atoms with Crippen molar-refractivity contribution in [3.05, 3.63) is 42.2 Å². The summed E-state index contributed by atoms with van der Waals surface area (Å²) in [5, 5.41) is 0. The fraction of sp³-hybridized carbons (Fsp3) is 0.545. The van der Waals surface area contributed by atoms with Gasteiger partial charge in [-0.15, -0.1) is 0 Å². The third-order valence-electron chi connectivity index (χ3n) is 4.76. The van der Waals surface area contributed by atoms with Crippen LogP contribution in [0.5, 0.6) is 0 Å². The molecule has 0 saturated carbocycles. The Morgan fingerprint density at radius 1 is 0.778 bits per heavy atom. The van der Waals surface area contributed by atoms with Gasteiger partial charge in [0, 0.05) is 18.0 Å². The minimum Gasteiger partial charge on any atom is -0.236 e. The van der Waals surface area contributed by atoms with Gasteiger partial charge >= 0.3 is 0 Å². The van der Waals surface area contributed by atoms with Crippen molar-refractivity contribution in [3.8, 4) is 11.4 Å². The second-order valence-corrected chi connectivity index (χ2v) is 9.24. The smallest absolute Gasteiger partial charge is 0.178 e. The first-order valence-corrected chi connectivity index (χ1v) is 11.9. The van der Waals surface area contributed by atoms with Crippen LogP contribution in [0.4, 0.5) is 0 Å². The maximum Gasteiger partial charge on any atom is 0.178 e. The van der Waals surface area contributed by atoms with Crippen LogP contribution >= 0.6 is 0 Å². The van der Waals surface area contributed by atoms with Gasteiger partial charge in [0.1, 0.15) is 0 Å². The summed E-state index contributed by atoms with van der Waals surface area (Å²) in [6.45, 7) is 4.23. The van der Waals surface area contributed by atoms with Gasteiger partial charge in [-0.05, 0) is 49.1 Å². The molecule has 5 heteroatoms. The van der Waals surface area contributed by atoms with Crippen molar-refractivity contribution in [3.63, 3.8) is 0 Å². The maximum atomic E-state index is 12.2. The zero-order valence-corrected chi connectivity index (χ0v) is 17.5. The van der Waals surface area contributed by atoms with Crippen molar-refractivity contribution in [2.45, 2.75) is 76.5 Å². The van der Waals surface area contributed by atoms with Crippen molar-refractivity contribution in [2.75, 3.05) is 5.75 Å². The topological polar surface area (TPSA) is 59.9 Å². The summed E-state index contributed by atoms with van der Waals surface area (Å²) < 4.78 is 24.5.